The second-order valence-electron chi connectivity index (χ2n) is 7.49. The van der Waals surface area contributed by atoms with Gasteiger partial charge in [0.1, 0.15) is 5.82 Å². The molecule has 0 unspecified atom stereocenters. The standard InChI is InChI=1S/C22H26FN3O/c1-4-25(5-2)22(27)18-11-6-15-12-20-19(14(3)21(15)18)13-24-26(20)17-9-7-16(23)8-10-17/h7-10,13-14,18H,4-6,11-12H2,1-3H3/t14-,18+/m0/s1. The first-order valence-electron chi connectivity index (χ1n) is 9.88. The number of allylic oxidation sites excluding steroid dienone is 1. The zero-order valence-corrected chi connectivity index (χ0v) is 16.2. The van der Waals surface area contributed by atoms with Crippen LogP contribution in [0.4, 0.5) is 4.39 Å². The van der Waals surface area contributed by atoms with Crippen molar-refractivity contribution in [2.45, 2.75) is 46.0 Å². The zero-order valence-electron chi connectivity index (χ0n) is 16.2. The van der Waals surface area contributed by atoms with Gasteiger partial charge in [-0.3, -0.25) is 4.79 Å². The van der Waals surface area contributed by atoms with Gasteiger partial charge in [-0.25, -0.2) is 9.07 Å². The van der Waals surface area contributed by atoms with Crippen molar-refractivity contribution in [3.63, 3.8) is 0 Å². The molecule has 0 saturated heterocycles. The molecule has 27 heavy (non-hydrogen) atoms. The molecule has 1 heterocycles. The molecule has 0 fully saturated rings. The fourth-order valence-corrected chi connectivity index (χ4v) is 4.77. The lowest BCUT2D eigenvalue weighted by molar-refractivity contribution is -0.134. The fraction of sp³-hybridized carbons (Fsp3) is 0.455. The highest BCUT2D eigenvalue weighted by Crippen LogP contribution is 2.47. The summed E-state index contributed by atoms with van der Waals surface area (Å²) in [4.78, 5) is 15.0. The van der Waals surface area contributed by atoms with Gasteiger partial charge in [0.05, 0.1) is 23.5 Å². The highest BCUT2D eigenvalue weighted by atomic mass is 19.1. The minimum Gasteiger partial charge on any atom is -0.343 e. The van der Waals surface area contributed by atoms with Gasteiger partial charge >= 0.3 is 0 Å². The third kappa shape index (κ3) is 2.89. The quantitative estimate of drug-likeness (QED) is 0.758. The number of amides is 1. The molecule has 0 aliphatic heterocycles. The molecule has 0 N–H and O–H groups in total. The molecule has 4 rings (SSSR count). The van der Waals surface area contributed by atoms with Gasteiger partial charge in [-0.1, -0.05) is 18.1 Å². The van der Waals surface area contributed by atoms with E-state index < -0.39 is 0 Å². The van der Waals surface area contributed by atoms with Crippen LogP contribution >= 0.6 is 0 Å². The van der Waals surface area contributed by atoms with Crippen LogP contribution in [0.5, 0.6) is 0 Å². The lowest BCUT2D eigenvalue weighted by atomic mass is 9.79. The number of nitrogens with zero attached hydrogens (tertiary/aromatic N) is 3. The largest absolute Gasteiger partial charge is 0.343 e. The van der Waals surface area contributed by atoms with E-state index in [-0.39, 0.29) is 23.6 Å². The number of fused-ring (bicyclic) bond motifs is 1. The number of rotatable bonds is 4. The lowest BCUT2D eigenvalue weighted by Gasteiger charge is -2.29. The van der Waals surface area contributed by atoms with Crippen LogP contribution in [0.1, 0.15) is 50.8 Å². The number of aromatic nitrogens is 2. The first-order valence-corrected chi connectivity index (χ1v) is 9.88. The Morgan fingerprint density at radius 1 is 1.26 bits per heavy atom. The Kier molecular flexibility index (Phi) is 4.62. The normalized spacial score (nSPS) is 21.2. The summed E-state index contributed by atoms with van der Waals surface area (Å²) in [6, 6.07) is 6.46. The fourth-order valence-electron chi connectivity index (χ4n) is 4.77. The average molecular weight is 367 g/mol. The summed E-state index contributed by atoms with van der Waals surface area (Å²) >= 11 is 0. The van der Waals surface area contributed by atoms with E-state index in [0.29, 0.717) is 0 Å². The molecule has 0 saturated carbocycles. The highest BCUT2D eigenvalue weighted by Gasteiger charge is 2.40. The second kappa shape index (κ2) is 6.95. The van der Waals surface area contributed by atoms with Crippen molar-refractivity contribution in [3.05, 3.63) is 58.7 Å². The maximum atomic E-state index is 13.3. The Morgan fingerprint density at radius 3 is 2.63 bits per heavy atom. The van der Waals surface area contributed by atoms with Crippen LogP contribution < -0.4 is 0 Å². The zero-order chi connectivity index (χ0) is 19.1. The average Bonchev–Trinajstić information content (AvgIpc) is 3.28. The van der Waals surface area contributed by atoms with Crippen LogP contribution in [0, 0.1) is 11.7 Å². The van der Waals surface area contributed by atoms with Crippen molar-refractivity contribution in [3.8, 4) is 5.69 Å². The Morgan fingerprint density at radius 2 is 1.96 bits per heavy atom. The van der Waals surface area contributed by atoms with E-state index in [1.807, 2.05) is 29.6 Å². The maximum Gasteiger partial charge on any atom is 0.229 e. The van der Waals surface area contributed by atoms with Crippen LogP contribution in [-0.2, 0) is 11.2 Å². The van der Waals surface area contributed by atoms with Crippen molar-refractivity contribution in [1.29, 1.82) is 0 Å². The Labute approximate surface area is 159 Å². The molecule has 2 aromatic rings. The molecule has 2 aliphatic rings. The SMILES string of the molecule is CCN(CC)C(=O)[C@@H]1CCC2=C1[C@@H](C)c1cnn(-c3ccc(F)cc3)c1C2. The van der Waals surface area contributed by atoms with Crippen molar-refractivity contribution in [2.24, 2.45) is 5.92 Å². The van der Waals surface area contributed by atoms with Gasteiger partial charge in [0.15, 0.2) is 0 Å². The van der Waals surface area contributed by atoms with Gasteiger partial charge in [0.2, 0.25) is 5.91 Å². The van der Waals surface area contributed by atoms with Crippen molar-refractivity contribution < 1.29 is 9.18 Å². The van der Waals surface area contributed by atoms with Gasteiger partial charge in [-0.05, 0) is 51.0 Å². The summed E-state index contributed by atoms with van der Waals surface area (Å²) in [5.74, 6) is 0.236. The van der Waals surface area contributed by atoms with E-state index in [1.165, 1.54) is 34.5 Å². The minimum atomic E-state index is -0.244. The van der Waals surface area contributed by atoms with E-state index in [4.69, 9.17) is 0 Å². The maximum absolute atomic E-state index is 13.3. The van der Waals surface area contributed by atoms with E-state index in [2.05, 4.69) is 12.0 Å². The predicted molar refractivity (Wildman–Crippen MR) is 103 cm³/mol. The third-order valence-corrected chi connectivity index (χ3v) is 6.18. The van der Waals surface area contributed by atoms with Gasteiger partial charge in [0, 0.05) is 31.0 Å². The molecule has 0 bridgehead atoms. The predicted octanol–water partition coefficient (Wildman–Crippen LogP) is 4.25. The minimum absolute atomic E-state index is 0.0113. The van der Waals surface area contributed by atoms with E-state index in [1.54, 1.807) is 12.1 Å². The summed E-state index contributed by atoms with van der Waals surface area (Å²) in [5, 5.41) is 4.58. The van der Waals surface area contributed by atoms with Crippen molar-refractivity contribution in [1.82, 2.24) is 14.7 Å². The van der Waals surface area contributed by atoms with E-state index in [9.17, 15) is 9.18 Å². The smallest absolute Gasteiger partial charge is 0.229 e. The molecule has 1 aromatic carbocycles. The summed E-state index contributed by atoms with van der Waals surface area (Å²) in [6.45, 7) is 7.80. The Balaban J connectivity index is 1.68. The van der Waals surface area contributed by atoms with Gasteiger partial charge in [0.25, 0.3) is 0 Å². The highest BCUT2D eigenvalue weighted by molar-refractivity contribution is 5.83. The Hall–Kier alpha value is -2.43. The molecule has 4 nitrogen and oxygen atoms in total. The third-order valence-electron chi connectivity index (χ3n) is 6.18. The van der Waals surface area contributed by atoms with Crippen LogP contribution in [-0.4, -0.2) is 33.7 Å². The van der Waals surface area contributed by atoms with Gasteiger partial charge in [-0.15, -0.1) is 0 Å². The molecule has 0 radical (unpaired) electrons. The monoisotopic (exact) mass is 367 g/mol. The molecule has 0 spiro atoms. The molecule has 2 atom stereocenters. The molecule has 1 amide bonds. The first kappa shape index (κ1) is 18.0. The first-order chi connectivity index (χ1) is 13.0. The van der Waals surface area contributed by atoms with E-state index >= 15 is 0 Å². The molecule has 2 aliphatic carbocycles. The lowest BCUT2D eigenvalue weighted by Crippen LogP contribution is -2.36. The van der Waals surface area contributed by atoms with Crippen LogP contribution in [0.3, 0.4) is 0 Å². The number of benzene rings is 1. The molecule has 142 valence electrons. The number of carbonyl (C=O) groups excluding carboxylic acids is 1. The van der Waals surface area contributed by atoms with E-state index in [0.717, 1.165) is 38.0 Å². The Bertz CT molecular complexity index is 893. The van der Waals surface area contributed by atoms with Crippen LogP contribution in [0.15, 0.2) is 41.6 Å². The topological polar surface area (TPSA) is 38.1 Å². The number of hydrogen-bond acceptors (Lipinski definition) is 2. The molecular formula is C22H26FN3O. The number of hydrogen-bond donors (Lipinski definition) is 0. The van der Waals surface area contributed by atoms with Crippen LogP contribution in [0.25, 0.3) is 5.69 Å². The summed E-state index contributed by atoms with van der Waals surface area (Å²) in [6.07, 6.45) is 4.64. The van der Waals surface area contributed by atoms with Crippen LogP contribution in [0.2, 0.25) is 0 Å². The summed E-state index contributed by atoms with van der Waals surface area (Å²) in [7, 11) is 0. The van der Waals surface area contributed by atoms with Gasteiger partial charge in [-0.2, -0.15) is 5.10 Å². The number of carbonyl (C=O) groups is 1. The van der Waals surface area contributed by atoms with Crippen molar-refractivity contribution in [2.75, 3.05) is 13.1 Å². The second-order valence-corrected chi connectivity index (χ2v) is 7.49. The molecule has 5 heteroatoms. The van der Waals surface area contributed by atoms with Gasteiger partial charge < -0.3 is 4.90 Å². The van der Waals surface area contributed by atoms with Crippen molar-refractivity contribution >= 4 is 5.91 Å². The molecule has 1 aromatic heterocycles. The summed E-state index contributed by atoms with van der Waals surface area (Å²) < 4.78 is 15.2. The molecular weight excluding hydrogens is 341 g/mol. The number of halogens is 1. The summed E-state index contributed by atoms with van der Waals surface area (Å²) in [5.41, 5.74) is 5.95.